The van der Waals surface area contributed by atoms with E-state index in [9.17, 15) is 9.18 Å². The minimum Gasteiger partial charge on any atom is -0.290 e. The summed E-state index contributed by atoms with van der Waals surface area (Å²) in [5.41, 5.74) is 1.71. The van der Waals surface area contributed by atoms with Crippen molar-refractivity contribution in [1.82, 2.24) is 9.55 Å². The third-order valence-corrected chi connectivity index (χ3v) is 3.41. The third kappa shape index (κ3) is 3.17. The first-order valence-electron chi connectivity index (χ1n) is 6.59. The van der Waals surface area contributed by atoms with Crippen LogP contribution in [0.1, 0.15) is 24.4 Å². The van der Waals surface area contributed by atoms with Crippen LogP contribution in [0.5, 0.6) is 0 Å². The van der Waals surface area contributed by atoms with Gasteiger partial charge in [-0.1, -0.05) is 0 Å². The summed E-state index contributed by atoms with van der Waals surface area (Å²) in [5, 5.41) is 0. The summed E-state index contributed by atoms with van der Waals surface area (Å²) in [5.74, 6) is 1.19. The number of aromatic nitrogens is 2. The van der Waals surface area contributed by atoms with Crippen molar-refractivity contribution in [2.24, 2.45) is 4.99 Å². The highest BCUT2D eigenvalue weighted by Gasteiger charge is 2.21. The first-order valence-corrected chi connectivity index (χ1v) is 7.22. The summed E-state index contributed by atoms with van der Waals surface area (Å²) in [6.45, 7) is 4.05. The molecule has 0 aliphatic heterocycles. The molecule has 0 saturated heterocycles. The van der Waals surface area contributed by atoms with Crippen LogP contribution in [-0.2, 0) is 0 Å². The minimum absolute atomic E-state index is 0.163. The van der Waals surface area contributed by atoms with Crippen LogP contribution in [-0.4, -0.2) is 33.7 Å². The fourth-order valence-electron chi connectivity index (χ4n) is 2.38. The fourth-order valence-corrected chi connectivity index (χ4v) is 2.48. The lowest BCUT2D eigenvalue weighted by atomic mass is 10.0. The van der Waals surface area contributed by atoms with Crippen molar-refractivity contribution >= 4 is 24.0 Å². The monoisotopic (exact) mass is 295 g/mol. The highest BCUT2D eigenvalue weighted by molar-refractivity contribution is 7.80. The fraction of sp³-hybridized carbons (Fsp3) is 0.500. The summed E-state index contributed by atoms with van der Waals surface area (Å²) < 4.78 is 15.6. The van der Waals surface area contributed by atoms with Crippen molar-refractivity contribution in [2.75, 3.05) is 12.3 Å². The molecule has 0 fully saturated rings. The molecule has 1 unspecified atom stereocenters. The Morgan fingerprint density at radius 1 is 1.50 bits per heavy atom. The summed E-state index contributed by atoms with van der Waals surface area (Å²) in [6, 6.07) is 1.46. The van der Waals surface area contributed by atoms with Crippen molar-refractivity contribution < 1.29 is 4.39 Å². The number of thiol groups is 1. The van der Waals surface area contributed by atoms with Crippen LogP contribution in [0.2, 0.25) is 0 Å². The lowest BCUT2D eigenvalue weighted by molar-refractivity contribution is 0.479. The van der Waals surface area contributed by atoms with Gasteiger partial charge in [0.2, 0.25) is 0 Å². The van der Waals surface area contributed by atoms with Gasteiger partial charge in [0.25, 0.3) is 5.56 Å². The van der Waals surface area contributed by atoms with Crippen LogP contribution in [0.25, 0.3) is 5.70 Å². The van der Waals surface area contributed by atoms with Crippen LogP contribution in [0.15, 0.2) is 21.9 Å². The van der Waals surface area contributed by atoms with Crippen molar-refractivity contribution in [2.45, 2.75) is 32.9 Å². The van der Waals surface area contributed by atoms with Crippen LogP contribution in [0.3, 0.4) is 0 Å². The first-order chi connectivity index (χ1) is 9.52. The van der Waals surface area contributed by atoms with E-state index in [1.54, 1.807) is 13.8 Å². The standard InChI is InChI=1S/C14H18FN3OS/c1-9-7-14(19)18(10(2)17-9)11-3-4-13(12(15)8-11)16-5-6-20/h7-8,12,20H,3-6H2,1-2H3. The molecule has 0 amide bonds. The van der Waals surface area contributed by atoms with E-state index >= 15 is 0 Å². The van der Waals surface area contributed by atoms with E-state index in [1.807, 2.05) is 0 Å². The van der Waals surface area contributed by atoms with Gasteiger partial charge in [0, 0.05) is 29.8 Å². The van der Waals surface area contributed by atoms with Crippen LogP contribution in [0.4, 0.5) is 4.39 Å². The molecule has 1 aromatic rings. The zero-order valence-corrected chi connectivity index (χ0v) is 12.5. The summed E-state index contributed by atoms with van der Waals surface area (Å²) >= 11 is 4.06. The molecule has 108 valence electrons. The Kier molecular flexibility index (Phi) is 4.75. The van der Waals surface area contributed by atoms with E-state index in [0.717, 1.165) is 0 Å². The molecule has 0 N–H and O–H groups in total. The largest absolute Gasteiger partial charge is 0.290 e. The number of allylic oxidation sites excluding steroid dienone is 2. The first kappa shape index (κ1) is 15.0. The van der Waals surface area contributed by atoms with Crippen molar-refractivity contribution in [3.8, 4) is 0 Å². The molecule has 20 heavy (non-hydrogen) atoms. The Bertz CT molecular complexity index is 621. The quantitative estimate of drug-likeness (QED) is 0.869. The molecule has 0 aromatic carbocycles. The molecule has 2 rings (SSSR count). The molecule has 1 aliphatic carbocycles. The predicted octanol–water partition coefficient (Wildman–Crippen LogP) is 2.20. The van der Waals surface area contributed by atoms with Gasteiger partial charge < -0.3 is 0 Å². The van der Waals surface area contributed by atoms with E-state index in [2.05, 4.69) is 22.6 Å². The highest BCUT2D eigenvalue weighted by atomic mass is 32.1. The maximum absolute atomic E-state index is 14.1. The SMILES string of the molecule is Cc1cc(=O)n(C2=CC(F)C(=NCCS)CC2)c(C)n1. The average molecular weight is 295 g/mol. The molecule has 1 aliphatic rings. The van der Waals surface area contributed by atoms with Gasteiger partial charge in [-0.2, -0.15) is 12.6 Å². The molecular formula is C14H18FN3OS. The molecular weight excluding hydrogens is 277 g/mol. The molecule has 0 bridgehead atoms. The normalized spacial score (nSPS) is 21.1. The number of halogens is 1. The number of nitrogens with zero attached hydrogens (tertiary/aromatic N) is 3. The van der Waals surface area contributed by atoms with Gasteiger partial charge >= 0.3 is 0 Å². The number of alkyl halides is 1. The predicted molar refractivity (Wildman–Crippen MR) is 82.5 cm³/mol. The van der Waals surface area contributed by atoms with Crippen LogP contribution >= 0.6 is 12.6 Å². The van der Waals surface area contributed by atoms with Gasteiger partial charge in [0.1, 0.15) is 5.82 Å². The lowest BCUT2D eigenvalue weighted by Crippen LogP contribution is -2.28. The number of rotatable bonds is 3. The molecule has 0 saturated carbocycles. The Labute approximate surface area is 122 Å². The topological polar surface area (TPSA) is 47.2 Å². The van der Waals surface area contributed by atoms with E-state index in [-0.39, 0.29) is 5.56 Å². The number of hydrogen-bond donors (Lipinski definition) is 1. The molecule has 1 atom stereocenters. The van der Waals surface area contributed by atoms with Crippen molar-refractivity contribution in [3.05, 3.63) is 34.0 Å². The van der Waals surface area contributed by atoms with E-state index in [4.69, 9.17) is 0 Å². The van der Waals surface area contributed by atoms with E-state index in [0.29, 0.717) is 48.1 Å². The second kappa shape index (κ2) is 6.35. The Morgan fingerprint density at radius 2 is 2.25 bits per heavy atom. The zero-order chi connectivity index (χ0) is 14.7. The second-order valence-electron chi connectivity index (χ2n) is 4.77. The number of hydrogen-bond acceptors (Lipinski definition) is 4. The van der Waals surface area contributed by atoms with Crippen molar-refractivity contribution in [3.63, 3.8) is 0 Å². The Hall–Kier alpha value is -1.43. The molecule has 1 aromatic heterocycles. The van der Waals surface area contributed by atoms with Gasteiger partial charge in [0.15, 0.2) is 6.17 Å². The zero-order valence-electron chi connectivity index (χ0n) is 11.6. The minimum atomic E-state index is -1.23. The van der Waals surface area contributed by atoms with Crippen LogP contribution < -0.4 is 5.56 Å². The second-order valence-corrected chi connectivity index (χ2v) is 5.22. The van der Waals surface area contributed by atoms with Crippen LogP contribution in [0, 0.1) is 13.8 Å². The van der Waals surface area contributed by atoms with Gasteiger partial charge in [-0.15, -0.1) is 0 Å². The van der Waals surface area contributed by atoms with E-state index < -0.39 is 6.17 Å². The maximum atomic E-state index is 14.1. The molecule has 4 nitrogen and oxygen atoms in total. The maximum Gasteiger partial charge on any atom is 0.258 e. The summed E-state index contributed by atoms with van der Waals surface area (Å²) in [4.78, 5) is 20.5. The number of aliphatic imine (C=N–C) groups is 1. The smallest absolute Gasteiger partial charge is 0.258 e. The lowest BCUT2D eigenvalue weighted by Gasteiger charge is -2.20. The molecule has 0 radical (unpaired) electrons. The average Bonchev–Trinajstić information content (AvgIpc) is 2.36. The third-order valence-electron chi connectivity index (χ3n) is 3.21. The van der Waals surface area contributed by atoms with Gasteiger partial charge in [-0.05, 0) is 32.8 Å². The van der Waals surface area contributed by atoms with E-state index in [1.165, 1.54) is 16.7 Å². The molecule has 6 heteroatoms. The number of aryl methyl sites for hydroxylation is 2. The Morgan fingerprint density at radius 3 is 2.85 bits per heavy atom. The Balaban J connectivity index is 2.35. The summed E-state index contributed by atoms with van der Waals surface area (Å²) in [7, 11) is 0. The molecule has 1 heterocycles. The van der Waals surface area contributed by atoms with Gasteiger partial charge in [0.05, 0.1) is 5.71 Å². The highest BCUT2D eigenvalue weighted by Crippen LogP contribution is 2.22. The van der Waals surface area contributed by atoms with Gasteiger partial charge in [-0.3, -0.25) is 14.4 Å². The van der Waals surface area contributed by atoms with Crippen molar-refractivity contribution in [1.29, 1.82) is 0 Å². The summed E-state index contributed by atoms with van der Waals surface area (Å²) in [6.07, 6.45) is 1.36. The van der Waals surface area contributed by atoms with Gasteiger partial charge in [-0.25, -0.2) is 9.37 Å². The molecule has 0 spiro atoms.